The molecule has 19 heavy (non-hydrogen) atoms. The molecule has 1 aromatic rings. The Bertz CT molecular complexity index is 506. The van der Waals surface area contributed by atoms with Crippen LogP contribution in [0.15, 0.2) is 12.1 Å². The molecule has 0 aliphatic carbocycles. The summed E-state index contributed by atoms with van der Waals surface area (Å²) in [5.41, 5.74) is -0.332. The average Bonchev–Trinajstić information content (AvgIpc) is 2.34. The number of carbonyl (C=O) groups is 1. The molecule has 0 amide bonds. The molecule has 1 N–H and O–H groups in total. The first-order chi connectivity index (χ1) is 8.88. The van der Waals surface area contributed by atoms with Gasteiger partial charge in [0.1, 0.15) is 0 Å². The average molecular weight is 289 g/mol. The summed E-state index contributed by atoms with van der Waals surface area (Å²) in [7, 11) is 3.15. The van der Waals surface area contributed by atoms with Crippen LogP contribution in [0.4, 0.5) is 11.4 Å². The Labute approximate surface area is 114 Å². The first-order valence-corrected chi connectivity index (χ1v) is 5.67. The molecule has 0 unspecified atom stereocenters. The number of carboxylic acid groups (broad SMARTS) is 1. The normalized spacial score (nSPS) is 10.3. The van der Waals surface area contributed by atoms with E-state index in [4.69, 9.17) is 21.4 Å². The number of ether oxygens (including phenoxy) is 1. The molecule has 0 saturated heterocycles. The Hall–Kier alpha value is -1.86. The van der Waals surface area contributed by atoms with Gasteiger partial charge in [0.25, 0.3) is 5.69 Å². The zero-order chi connectivity index (χ0) is 14.6. The van der Waals surface area contributed by atoms with Crippen LogP contribution in [-0.4, -0.2) is 43.3 Å². The van der Waals surface area contributed by atoms with Gasteiger partial charge in [0, 0.05) is 32.8 Å². The van der Waals surface area contributed by atoms with E-state index >= 15 is 0 Å². The molecule has 0 bridgehead atoms. The number of hydrogen-bond donors (Lipinski definition) is 1. The van der Waals surface area contributed by atoms with Crippen molar-refractivity contribution in [3.05, 3.63) is 32.8 Å². The number of hydrogen-bond acceptors (Lipinski definition) is 5. The third-order valence-electron chi connectivity index (χ3n) is 2.50. The summed E-state index contributed by atoms with van der Waals surface area (Å²) in [5.74, 6) is -1.27. The van der Waals surface area contributed by atoms with Crippen LogP contribution in [0.25, 0.3) is 0 Å². The Kier molecular flexibility index (Phi) is 5.08. The Morgan fingerprint density at radius 3 is 2.68 bits per heavy atom. The highest BCUT2D eigenvalue weighted by atomic mass is 35.5. The van der Waals surface area contributed by atoms with Crippen molar-refractivity contribution in [1.82, 2.24) is 0 Å². The summed E-state index contributed by atoms with van der Waals surface area (Å²) in [5, 5.41) is 19.9. The number of halogens is 1. The van der Waals surface area contributed by atoms with Crippen molar-refractivity contribution < 1.29 is 19.6 Å². The second-order valence-electron chi connectivity index (χ2n) is 3.80. The number of nitro groups is 1. The summed E-state index contributed by atoms with van der Waals surface area (Å²) in [6.45, 7) is 0.789. The van der Waals surface area contributed by atoms with Crippen molar-refractivity contribution in [2.75, 3.05) is 32.2 Å². The molecule has 0 atom stereocenters. The predicted octanol–water partition coefficient (Wildman–Crippen LogP) is 2.03. The molecule has 0 aromatic heterocycles. The van der Waals surface area contributed by atoms with E-state index < -0.39 is 10.9 Å². The number of methoxy groups -OCH3 is 1. The monoisotopic (exact) mass is 288 g/mol. The summed E-state index contributed by atoms with van der Waals surface area (Å²) < 4.78 is 4.90. The molecule has 1 aromatic carbocycles. The van der Waals surface area contributed by atoms with Crippen molar-refractivity contribution >= 4 is 28.9 Å². The molecule has 0 radical (unpaired) electrons. The van der Waals surface area contributed by atoms with Crippen molar-refractivity contribution in [1.29, 1.82) is 0 Å². The van der Waals surface area contributed by atoms with Crippen LogP contribution < -0.4 is 4.90 Å². The first-order valence-electron chi connectivity index (χ1n) is 5.29. The van der Waals surface area contributed by atoms with Crippen LogP contribution in [0.3, 0.4) is 0 Å². The fourth-order valence-corrected chi connectivity index (χ4v) is 1.94. The number of anilines is 1. The van der Waals surface area contributed by atoms with Gasteiger partial charge in [-0.15, -0.1) is 0 Å². The SMILES string of the molecule is COCCN(C)c1c(Cl)cc([N+](=O)[O-])cc1C(=O)O. The minimum absolute atomic E-state index is 0.0187. The molecule has 0 heterocycles. The van der Waals surface area contributed by atoms with Gasteiger partial charge in [-0.05, 0) is 0 Å². The van der Waals surface area contributed by atoms with E-state index in [9.17, 15) is 14.9 Å². The van der Waals surface area contributed by atoms with E-state index in [1.807, 2.05) is 0 Å². The number of benzene rings is 1. The number of non-ortho nitro benzene ring substituents is 1. The standard InChI is InChI=1S/C11H13ClN2O5/c1-13(3-4-19-2)10-8(11(15)16)5-7(14(17)18)6-9(10)12/h5-6H,3-4H2,1-2H3,(H,15,16). The Balaban J connectivity index is 3.29. The molecule has 0 spiro atoms. The van der Waals surface area contributed by atoms with E-state index in [1.54, 1.807) is 11.9 Å². The van der Waals surface area contributed by atoms with Gasteiger partial charge in [0.2, 0.25) is 0 Å². The fraction of sp³-hybridized carbons (Fsp3) is 0.364. The molecule has 8 heteroatoms. The summed E-state index contributed by atoms with van der Waals surface area (Å²) in [6, 6.07) is 2.12. The van der Waals surface area contributed by atoms with Crippen molar-refractivity contribution in [2.24, 2.45) is 0 Å². The molecule has 1 rings (SSSR count). The topological polar surface area (TPSA) is 92.9 Å². The largest absolute Gasteiger partial charge is 0.478 e. The van der Waals surface area contributed by atoms with Gasteiger partial charge < -0.3 is 14.7 Å². The maximum absolute atomic E-state index is 11.2. The lowest BCUT2D eigenvalue weighted by molar-refractivity contribution is -0.384. The number of rotatable bonds is 6. The second kappa shape index (κ2) is 6.35. The predicted molar refractivity (Wildman–Crippen MR) is 70.2 cm³/mol. The van der Waals surface area contributed by atoms with Gasteiger partial charge in [-0.1, -0.05) is 11.6 Å². The van der Waals surface area contributed by atoms with Crippen LogP contribution in [0, 0.1) is 10.1 Å². The third-order valence-corrected chi connectivity index (χ3v) is 2.79. The molecule has 104 valence electrons. The van der Waals surface area contributed by atoms with Gasteiger partial charge in [0.15, 0.2) is 0 Å². The first kappa shape index (κ1) is 15.2. The van der Waals surface area contributed by atoms with E-state index in [0.29, 0.717) is 13.2 Å². The Morgan fingerprint density at radius 1 is 1.58 bits per heavy atom. The van der Waals surface area contributed by atoms with Gasteiger partial charge >= 0.3 is 5.97 Å². The minimum Gasteiger partial charge on any atom is -0.478 e. The lowest BCUT2D eigenvalue weighted by Crippen LogP contribution is -2.24. The van der Waals surface area contributed by atoms with Gasteiger partial charge in [-0.25, -0.2) is 4.79 Å². The maximum atomic E-state index is 11.2. The fourth-order valence-electron chi connectivity index (χ4n) is 1.58. The van der Waals surface area contributed by atoms with E-state index in [1.165, 1.54) is 7.11 Å². The van der Waals surface area contributed by atoms with E-state index in [2.05, 4.69) is 0 Å². The highest BCUT2D eigenvalue weighted by molar-refractivity contribution is 6.34. The highest BCUT2D eigenvalue weighted by Gasteiger charge is 2.22. The summed E-state index contributed by atoms with van der Waals surface area (Å²) >= 11 is 5.95. The minimum atomic E-state index is -1.27. The van der Waals surface area contributed by atoms with Crippen LogP contribution in [0.2, 0.25) is 5.02 Å². The van der Waals surface area contributed by atoms with Gasteiger partial charge in [0.05, 0.1) is 27.8 Å². The van der Waals surface area contributed by atoms with Gasteiger partial charge in [-0.3, -0.25) is 10.1 Å². The van der Waals surface area contributed by atoms with E-state index in [0.717, 1.165) is 12.1 Å². The molecular formula is C11H13ClN2O5. The second-order valence-corrected chi connectivity index (χ2v) is 4.21. The van der Waals surface area contributed by atoms with Crippen LogP contribution in [0.1, 0.15) is 10.4 Å². The summed E-state index contributed by atoms with van der Waals surface area (Å²) in [4.78, 5) is 22.8. The number of carboxylic acids is 1. The van der Waals surface area contributed by atoms with Crippen molar-refractivity contribution in [3.63, 3.8) is 0 Å². The molecule has 7 nitrogen and oxygen atoms in total. The summed E-state index contributed by atoms with van der Waals surface area (Å²) in [6.07, 6.45) is 0. The lowest BCUT2D eigenvalue weighted by Gasteiger charge is -2.21. The van der Waals surface area contributed by atoms with Crippen LogP contribution in [0.5, 0.6) is 0 Å². The molecule has 0 fully saturated rings. The third kappa shape index (κ3) is 3.55. The maximum Gasteiger partial charge on any atom is 0.338 e. The molecular weight excluding hydrogens is 276 g/mol. The molecule has 0 aliphatic rings. The zero-order valence-electron chi connectivity index (χ0n) is 10.4. The number of aromatic carboxylic acids is 1. The smallest absolute Gasteiger partial charge is 0.338 e. The van der Waals surface area contributed by atoms with Crippen molar-refractivity contribution in [2.45, 2.75) is 0 Å². The Morgan fingerprint density at radius 2 is 2.21 bits per heavy atom. The number of likely N-dealkylation sites (N-methyl/N-ethyl adjacent to an activating group) is 1. The number of nitro benzene ring substituents is 1. The van der Waals surface area contributed by atoms with Crippen molar-refractivity contribution in [3.8, 4) is 0 Å². The number of nitrogens with zero attached hydrogens (tertiary/aromatic N) is 2. The zero-order valence-corrected chi connectivity index (χ0v) is 11.2. The quantitative estimate of drug-likeness (QED) is 0.636. The van der Waals surface area contributed by atoms with Crippen LogP contribution >= 0.6 is 11.6 Å². The lowest BCUT2D eigenvalue weighted by atomic mass is 10.1. The van der Waals surface area contributed by atoms with E-state index in [-0.39, 0.29) is 22.0 Å². The molecule has 0 saturated carbocycles. The van der Waals surface area contributed by atoms with Crippen LogP contribution in [-0.2, 0) is 4.74 Å². The highest BCUT2D eigenvalue weighted by Crippen LogP contribution is 2.33. The molecule has 0 aliphatic heterocycles. The van der Waals surface area contributed by atoms with Gasteiger partial charge in [-0.2, -0.15) is 0 Å².